The van der Waals surface area contributed by atoms with E-state index in [-0.39, 0.29) is 17.7 Å². The van der Waals surface area contributed by atoms with Crippen LogP contribution in [0, 0.1) is 5.92 Å². The zero-order valence-corrected chi connectivity index (χ0v) is 16.8. The Morgan fingerprint density at radius 2 is 1.83 bits per heavy atom. The van der Waals surface area contributed by atoms with Crippen LogP contribution in [0.5, 0.6) is 5.75 Å². The van der Waals surface area contributed by atoms with Crippen molar-refractivity contribution in [3.8, 4) is 11.4 Å². The predicted octanol–water partition coefficient (Wildman–Crippen LogP) is 3.55. The minimum atomic E-state index is -0.188. The monoisotopic (exact) mass is 404 g/mol. The van der Waals surface area contributed by atoms with Crippen LogP contribution in [-0.2, 0) is 11.3 Å². The first-order valence-electron chi connectivity index (χ1n) is 9.99. The van der Waals surface area contributed by atoms with Crippen molar-refractivity contribution in [3.05, 3.63) is 72.1 Å². The topological polar surface area (TPSA) is 85.2 Å². The van der Waals surface area contributed by atoms with Crippen LogP contribution in [0.25, 0.3) is 5.69 Å². The Hall–Kier alpha value is -3.61. The fourth-order valence-electron chi connectivity index (χ4n) is 3.24. The van der Waals surface area contributed by atoms with Gasteiger partial charge in [0.15, 0.2) is 0 Å². The summed E-state index contributed by atoms with van der Waals surface area (Å²) in [5.41, 5.74) is 3.02. The van der Waals surface area contributed by atoms with E-state index in [0.717, 1.165) is 36.3 Å². The maximum Gasteiger partial charge on any atom is 0.255 e. The van der Waals surface area contributed by atoms with E-state index in [1.807, 2.05) is 18.3 Å². The van der Waals surface area contributed by atoms with Crippen LogP contribution in [0.15, 0.2) is 60.9 Å². The molecule has 2 amide bonds. The predicted molar refractivity (Wildman–Crippen MR) is 114 cm³/mol. The number of carbonyl (C=O) groups is 2. The molecule has 154 valence electrons. The van der Waals surface area contributed by atoms with Crippen molar-refractivity contribution in [2.24, 2.45) is 5.92 Å². The highest BCUT2D eigenvalue weighted by Crippen LogP contribution is 2.26. The van der Waals surface area contributed by atoms with Crippen LogP contribution in [-0.4, -0.2) is 28.7 Å². The Morgan fingerprint density at radius 1 is 1.10 bits per heavy atom. The van der Waals surface area contributed by atoms with E-state index in [0.29, 0.717) is 17.8 Å². The second-order valence-electron chi connectivity index (χ2n) is 7.37. The van der Waals surface area contributed by atoms with Gasteiger partial charge < -0.3 is 15.4 Å². The van der Waals surface area contributed by atoms with Gasteiger partial charge in [-0.3, -0.25) is 9.59 Å². The molecule has 2 aromatic carbocycles. The number of carbonyl (C=O) groups excluding carboxylic acids is 2. The van der Waals surface area contributed by atoms with Gasteiger partial charge in [0.1, 0.15) is 5.75 Å². The standard InChI is InChI=1S/C23H24N4O3/c1-30-21-11-7-19(8-12-21)26-23(29)18-5-9-20(10-6-18)27-15-16(14-25-27)13-24-22(28)17-3-2-4-17/h5-12,14-15,17H,2-4,13H2,1H3,(H,24,28)(H,26,29). The number of aromatic nitrogens is 2. The maximum absolute atomic E-state index is 12.4. The number of amides is 2. The van der Waals surface area contributed by atoms with Crippen LogP contribution in [0.2, 0.25) is 0 Å². The lowest BCUT2D eigenvalue weighted by Gasteiger charge is -2.23. The van der Waals surface area contributed by atoms with Gasteiger partial charge in [0.05, 0.1) is 19.0 Å². The van der Waals surface area contributed by atoms with Gasteiger partial charge in [-0.15, -0.1) is 0 Å². The molecule has 1 fully saturated rings. The van der Waals surface area contributed by atoms with Crippen LogP contribution < -0.4 is 15.4 Å². The summed E-state index contributed by atoms with van der Waals surface area (Å²) in [6.07, 6.45) is 6.75. The van der Waals surface area contributed by atoms with Crippen LogP contribution in [0.3, 0.4) is 0 Å². The average molecular weight is 404 g/mol. The van der Waals surface area contributed by atoms with Gasteiger partial charge in [0.2, 0.25) is 5.91 Å². The number of benzene rings is 2. The molecule has 0 radical (unpaired) electrons. The molecule has 3 aromatic rings. The molecule has 1 heterocycles. The highest BCUT2D eigenvalue weighted by Gasteiger charge is 2.24. The Labute approximate surface area is 175 Å². The molecule has 0 unspecified atom stereocenters. The zero-order valence-electron chi connectivity index (χ0n) is 16.8. The molecule has 1 aliphatic carbocycles. The van der Waals surface area contributed by atoms with Gasteiger partial charge in [0, 0.05) is 35.5 Å². The molecule has 0 spiro atoms. The summed E-state index contributed by atoms with van der Waals surface area (Å²) >= 11 is 0. The Morgan fingerprint density at radius 3 is 2.47 bits per heavy atom. The highest BCUT2D eigenvalue weighted by molar-refractivity contribution is 6.04. The lowest BCUT2D eigenvalue weighted by molar-refractivity contribution is -0.127. The fourth-order valence-corrected chi connectivity index (χ4v) is 3.24. The summed E-state index contributed by atoms with van der Waals surface area (Å²) < 4.78 is 6.85. The molecule has 1 aliphatic rings. The molecule has 7 nitrogen and oxygen atoms in total. The van der Waals surface area contributed by atoms with Gasteiger partial charge in [-0.25, -0.2) is 4.68 Å². The summed E-state index contributed by atoms with van der Waals surface area (Å²) in [5.74, 6) is 0.850. The summed E-state index contributed by atoms with van der Waals surface area (Å²) in [7, 11) is 1.60. The minimum absolute atomic E-state index is 0.126. The Kier molecular flexibility index (Phi) is 5.79. The van der Waals surface area contributed by atoms with Crippen LogP contribution in [0.1, 0.15) is 35.2 Å². The molecule has 2 N–H and O–H groups in total. The molecule has 7 heteroatoms. The molecular formula is C23H24N4O3. The van der Waals surface area contributed by atoms with E-state index in [1.165, 1.54) is 0 Å². The number of hydrogen-bond donors (Lipinski definition) is 2. The average Bonchev–Trinajstić information content (AvgIpc) is 3.21. The van der Waals surface area contributed by atoms with Crippen molar-refractivity contribution in [2.45, 2.75) is 25.8 Å². The van der Waals surface area contributed by atoms with Gasteiger partial charge >= 0.3 is 0 Å². The molecule has 4 rings (SSSR count). The molecule has 0 saturated heterocycles. The molecule has 30 heavy (non-hydrogen) atoms. The van der Waals surface area contributed by atoms with Crippen molar-refractivity contribution in [1.29, 1.82) is 0 Å². The molecule has 0 aliphatic heterocycles. The number of anilines is 1. The van der Waals surface area contributed by atoms with Gasteiger partial charge in [-0.1, -0.05) is 6.42 Å². The number of nitrogens with zero attached hydrogens (tertiary/aromatic N) is 2. The lowest BCUT2D eigenvalue weighted by Crippen LogP contribution is -2.33. The largest absolute Gasteiger partial charge is 0.497 e. The first-order valence-corrected chi connectivity index (χ1v) is 9.99. The summed E-state index contributed by atoms with van der Waals surface area (Å²) in [4.78, 5) is 24.4. The first-order chi connectivity index (χ1) is 14.6. The maximum atomic E-state index is 12.4. The third-order valence-electron chi connectivity index (χ3n) is 5.32. The molecule has 1 aromatic heterocycles. The van der Waals surface area contributed by atoms with Gasteiger partial charge in [0.25, 0.3) is 5.91 Å². The number of nitrogens with one attached hydrogen (secondary N) is 2. The second kappa shape index (κ2) is 8.82. The van der Waals surface area contributed by atoms with Gasteiger partial charge in [-0.05, 0) is 61.4 Å². The van der Waals surface area contributed by atoms with Crippen molar-refractivity contribution in [2.75, 3.05) is 12.4 Å². The van der Waals surface area contributed by atoms with E-state index in [9.17, 15) is 9.59 Å². The normalized spacial score (nSPS) is 13.4. The lowest BCUT2D eigenvalue weighted by atomic mass is 9.85. The Balaban J connectivity index is 1.35. The molecular weight excluding hydrogens is 380 g/mol. The van der Waals surface area contributed by atoms with E-state index in [1.54, 1.807) is 54.4 Å². The molecule has 0 atom stereocenters. The SMILES string of the molecule is COc1ccc(NC(=O)c2ccc(-n3cc(CNC(=O)C4CCC4)cn3)cc2)cc1. The fraction of sp³-hybridized carbons (Fsp3) is 0.261. The van der Waals surface area contributed by atoms with Crippen LogP contribution in [0.4, 0.5) is 5.69 Å². The summed E-state index contributed by atoms with van der Waals surface area (Å²) in [5, 5.41) is 10.2. The summed E-state index contributed by atoms with van der Waals surface area (Å²) in [6, 6.07) is 14.4. The number of hydrogen-bond acceptors (Lipinski definition) is 4. The third-order valence-corrected chi connectivity index (χ3v) is 5.32. The smallest absolute Gasteiger partial charge is 0.255 e. The second-order valence-corrected chi connectivity index (χ2v) is 7.37. The summed E-state index contributed by atoms with van der Waals surface area (Å²) in [6.45, 7) is 0.470. The van der Waals surface area contributed by atoms with Crippen molar-refractivity contribution >= 4 is 17.5 Å². The highest BCUT2D eigenvalue weighted by atomic mass is 16.5. The van der Waals surface area contributed by atoms with Crippen molar-refractivity contribution < 1.29 is 14.3 Å². The quantitative estimate of drug-likeness (QED) is 0.631. The van der Waals surface area contributed by atoms with Crippen LogP contribution >= 0.6 is 0 Å². The molecule has 1 saturated carbocycles. The number of ether oxygens (including phenoxy) is 1. The minimum Gasteiger partial charge on any atom is -0.497 e. The Bertz CT molecular complexity index is 1020. The van der Waals surface area contributed by atoms with Gasteiger partial charge in [-0.2, -0.15) is 5.10 Å². The van der Waals surface area contributed by atoms with E-state index in [4.69, 9.17) is 4.74 Å². The number of rotatable bonds is 7. The van der Waals surface area contributed by atoms with E-state index in [2.05, 4.69) is 15.7 Å². The van der Waals surface area contributed by atoms with E-state index >= 15 is 0 Å². The number of methoxy groups -OCH3 is 1. The third kappa shape index (κ3) is 4.51. The first kappa shape index (κ1) is 19.7. The molecule has 0 bridgehead atoms. The van der Waals surface area contributed by atoms with Crippen molar-refractivity contribution in [1.82, 2.24) is 15.1 Å². The van der Waals surface area contributed by atoms with E-state index < -0.39 is 0 Å². The van der Waals surface area contributed by atoms with Crippen molar-refractivity contribution in [3.63, 3.8) is 0 Å². The zero-order chi connectivity index (χ0) is 20.9.